The standard InChI is InChI=1S/C19H17FN2O4/c1-25-17-6-3-11(7-14(17)19(24)26-2)10-21-18(23)16-9-12-8-13(20)4-5-15(12)22-16/h3-9,22H,10H2,1-2H3,(H,21,23). The zero-order chi connectivity index (χ0) is 18.7. The number of carbonyl (C=O) groups is 2. The molecule has 134 valence electrons. The number of ether oxygens (including phenoxy) is 2. The molecule has 0 saturated carbocycles. The molecule has 7 heteroatoms. The SMILES string of the molecule is COC(=O)c1cc(CNC(=O)c2cc3cc(F)ccc3[nH]2)ccc1OC. The van der Waals surface area contributed by atoms with Gasteiger partial charge in [0.15, 0.2) is 0 Å². The quantitative estimate of drug-likeness (QED) is 0.689. The van der Waals surface area contributed by atoms with E-state index in [4.69, 9.17) is 9.47 Å². The highest BCUT2D eigenvalue weighted by Crippen LogP contribution is 2.21. The monoisotopic (exact) mass is 356 g/mol. The molecule has 2 aromatic carbocycles. The summed E-state index contributed by atoms with van der Waals surface area (Å²) in [6.07, 6.45) is 0. The minimum Gasteiger partial charge on any atom is -0.496 e. The second-order valence-electron chi connectivity index (χ2n) is 5.62. The lowest BCUT2D eigenvalue weighted by Crippen LogP contribution is -2.23. The van der Waals surface area contributed by atoms with E-state index in [1.807, 2.05) is 0 Å². The Hall–Kier alpha value is -3.35. The molecule has 0 radical (unpaired) electrons. The van der Waals surface area contributed by atoms with Gasteiger partial charge in [-0.2, -0.15) is 0 Å². The Balaban J connectivity index is 1.75. The van der Waals surface area contributed by atoms with Gasteiger partial charge in [0.1, 0.15) is 22.8 Å². The molecule has 1 aromatic heterocycles. The predicted octanol–water partition coefficient (Wildman–Crippen LogP) is 3.03. The van der Waals surface area contributed by atoms with Gasteiger partial charge in [0, 0.05) is 17.4 Å². The average Bonchev–Trinajstić information content (AvgIpc) is 3.08. The Morgan fingerprint density at radius 2 is 1.92 bits per heavy atom. The summed E-state index contributed by atoms with van der Waals surface area (Å²) in [5.74, 6) is -0.827. The van der Waals surface area contributed by atoms with E-state index in [0.29, 0.717) is 27.9 Å². The first kappa shape index (κ1) is 17.5. The number of H-pyrrole nitrogens is 1. The van der Waals surface area contributed by atoms with Crippen LogP contribution in [-0.4, -0.2) is 31.1 Å². The number of esters is 1. The number of aromatic amines is 1. The van der Waals surface area contributed by atoms with E-state index in [-0.39, 0.29) is 23.8 Å². The van der Waals surface area contributed by atoms with Crippen molar-refractivity contribution in [1.29, 1.82) is 0 Å². The number of nitrogens with one attached hydrogen (secondary N) is 2. The normalized spacial score (nSPS) is 10.6. The Bertz CT molecular complexity index is 981. The second kappa shape index (κ2) is 7.26. The van der Waals surface area contributed by atoms with Crippen LogP contribution in [0.1, 0.15) is 26.4 Å². The number of amides is 1. The van der Waals surface area contributed by atoms with Crippen molar-refractivity contribution in [2.45, 2.75) is 6.54 Å². The van der Waals surface area contributed by atoms with Crippen molar-refractivity contribution < 1.29 is 23.5 Å². The average molecular weight is 356 g/mol. The summed E-state index contributed by atoms with van der Waals surface area (Å²) < 4.78 is 23.1. The van der Waals surface area contributed by atoms with Gasteiger partial charge in [-0.3, -0.25) is 4.79 Å². The van der Waals surface area contributed by atoms with E-state index in [1.54, 1.807) is 30.3 Å². The minimum atomic E-state index is -0.521. The fraction of sp³-hybridized carbons (Fsp3) is 0.158. The topological polar surface area (TPSA) is 80.4 Å². The third-order valence-electron chi connectivity index (χ3n) is 3.95. The summed E-state index contributed by atoms with van der Waals surface area (Å²) in [4.78, 5) is 27.1. The van der Waals surface area contributed by atoms with Crippen LogP contribution in [0.3, 0.4) is 0 Å². The molecule has 3 aromatic rings. The smallest absolute Gasteiger partial charge is 0.341 e. The molecule has 26 heavy (non-hydrogen) atoms. The third kappa shape index (κ3) is 3.51. The Morgan fingerprint density at radius 3 is 2.65 bits per heavy atom. The maximum atomic E-state index is 13.2. The number of aromatic nitrogens is 1. The third-order valence-corrected chi connectivity index (χ3v) is 3.95. The van der Waals surface area contributed by atoms with Crippen molar-refractivity contribution in [2.75, 3.05) is 14.2 Å². The first-order valence-corrected chi connectivity index (χ1v) is 7.83. The zero-order valence-electron chi connectivity index (χ0n) is 14.3. The van der Waals surface area contributed by atoms with Gasteiger partial charge in [-0.25, -0.2) is 9.18 Å². The molecule has 1 heterocycles. The van der Waals surface area contributed by atoms with Gasteiger partial charge in [0.2, 0.25) is 0 Å². The first-order chi connectivity index (χ1) is 12.5. The van der Waals surface area contributed by atoms with Gasteiger partial charge in [-0.15, -0.1) is 0 Å². The summed E-state index contributed by atoms with van der Waals surface area (Å²) >= 11 is 0. The van der Waals surface area contributed by atoms with Crippen molar-refractivity contribution >= 4 is 22.8 Å². The number of hydrogen-bond donors (Lipinski definition) is 2. The lowest BCUT2D eigenvalue weighted by molar-refractivity contribution is 0.0597. The molecule has 0 atom stereocenters. The molecule has 0 aliphatic carbocycles. The molecule has 0 fully saturated rings. The van der Waals surface area contributed by atoms with Crippen molar-refractivity contribution in [3.8, 4) is 5.75 Å². The van der Waals surface area contributed by atoms with Crippen LogP contribution in [0, 0.1) is 5.82 Å². The van der Waals surface area contributed by atoms with Crippen molar-refractivity contribution in [3.05, 3.63) is 65.1 Å². The predicted molar refractivity (Wildman–Crippen MR) is 93.8 cm³/mol. The Kier molecular flexibility index (Phi) is 4.88. The number of fused-ring (bicyclic) bond motifs is 1. The summed E-state index contributed by atoms with van der Waals surface area (Å²) in [5.41, 5.74) is 1.99. The van der Waals surface area contributed by atoms with Crippen molar-refractivity contribution in [3.63, 3.8) is 0 Å². The number of carbonyl (C=O) groups excluding carboxylic acids is 2. The lowest BCUT2D eigenvalue weighted by Gasteiger charge is -2.10. The Morgan fingerprint density at radius 1 is 1.12 bits per heavy atom. The van der Waals surface area contributed by atoms with Crippen molar-refractivity contribution in [2.24, 2.45) is 0 Å². The van der Waals surface area contributed by atoms with Crippen LogP contribution in [0.5, 0.6) is 5.75 Å². The maximum absolute atomic E-state index is 13.2. The van der Waals surface area contributed by atoms with Crippen LogP contribution >= 0.6 is 0 Å². The number of hydrogen-bond acceptors (Lipinski definition) is 4. The molecule has 0 unspecified atom stereocenters. The largest absolute Gasteiger partial charge is 0.496 e. The number of rotatable bonds is 5. The molecule has 6 nitrogen and oxygen atoms in total. The van der Waals surface area contributed by atoms with Crippen LogP contribution in [0.25, 0.3) is 10.9 Å². The first-order valence-electron chi connectivity index (χ1n) is 7.83. The Labute approximate surface area is 148 Å². The minimum absolute atomic E-state index is 0.205. The molecule has 0 saturated heterocycles. The van der Waals surface area contributed by atoms with Crippen LogP contribution in [0.2, 0.25) is 0 Å². The fourth-order valence-electron chi connectivity index (χ4n) is 2.64. The van der Waals surface area contributed by atoms with Gasteiger partial charge < -0.3 is 19.8 Å². The highest BCUT2D eigenvalue weighted by atomic mass is 19.1. The van der Waals surface area contributed by atoms with E-state index in [1.165, 1.54) is 26.4 Å². The van der Waals surface area contributed by atoms with E-state index in [0.717, 1.165) is 0 Å². The second-order valence-corrected chi connectivity index (χ2v) is 5.62. The molecule has 0 bridgehead atoms. The molecule has 0 aliphatic rings. The lowest BCUT2D eigenvalue weighted by atomic mass is 10.1. The molecule has 1 amide bonds. The van der Waals surface area contributed by atoms with E-state index < -0.39 is 5.97 Å². The number of benzene rings is 2. The van der Waals surface area contributed by atoms with Gasteiger partial charge >= 0.3 is 5.97 Å². The van der Waals surface area contributed by atoms with Gasteiger partial charge in [0.25, 0.3) is 5.91 Å². The summed E-state index contributed by atoms with van der Waals surface area (Å²) in [5, 5.41) is 3.37. The fourth-order valence-corrected chi connectivity index (χ4v) is 2.64. The van der Waals surface area contributed by atoms with Crippen LogP contribution in [0.15, 0.2) is 42.5 Å². The van der Waals surface area contributed by atoms with E-state index in [2.05, 4.69) is 10.3 Å². The van der Waals surface area contributed by atoms with Crippen LogP contribution < -0.4 is 10.1 Å². The highest BCUT2D eigenvalue weighted by molar-refractivity contribution is 5.98. The van der Waals surface area contributed by atoms with Gasteiger partial charge in [-0.1, -0.05) is 6.07 Å². The van der Waals surface area contributed by atoms with Gasteiger partial charge in [-0.05, 0) is 42.0 Å². The maximum Gasteiger partial charge on any atom is 0.341 e. The number of halogens is 1. The highest BCUT2D eigenvalue weighted by Gasteiger charge is 2.14. The molecule has 0 spiro atoms. The zero-order valence-corrected chi connectivity index (χ0v) is 14.3. The summed E-state index contributed by atoms with van der Waals surface area (Å²) in [6.45, 7) is 0.205. The van der Waals surface area contributed by atoms with E-state index in [9.17, 15) is 14.0 Å². The van der Waals surface area contributed by atoms with Crippen molar-refractivity contribution in [1.82, 2.24) is 10.3 Å². The molecule has 0 aliphatic heterocycles. The van der Waals surface area contributed by atoms with E-state index >= 15 is 0 Å². The molecule has 3 rings (SSSR count). The number of methoxy groups -OCH3 is 2. The summed E-state index contributed by atoms with van der Waals surface area (Å²) in [7, 11) is 2.75. The molecular weight excluding hydrogens is 339 g/mol. The van der Waals surface area contributed by atoms with Gasteiger partial charge in [0.05, 0.1) is 14.2 Å². The van der Waals surface area contributed by atoms with Crippen LogP contribution in [0.4, 0.5) is 4.39 Å². The molecular formula is C19H17FN2O4. The molecule has 2 N–H and O–H groups in total. The van der Waals surface area contributed by atoms with Crippen LogP contribution in [-0.2, 0) is 11.3 Å². The summed E-state index contributed by atoms with van der Waals surface area (Å²) in [6, 6.07) is 10.8.